The molecule has 126 valence electrons. The van der Waals surface area contributed by atoms with Gasteiger partial charge in [0.25, 0.3) is 0 Å². The lowest BCUT2D eigenvalue weighted by Crippen LogP contribution is -1.94. The molecule has 26 heavy (non-hydrogen) atoms. The number of aromatic nitrogens is 2. The maximum atomic E-state index is 5.00. The molecule has 0 fully saturated rings. The van der Waals surface area contributed by atoms with E-state index in [0.29, 0.717) is 0 Å². The van der Waals surface area contributed by atoms with Gasteiger partial charge in [0.1, 0.15) is 0 Å². The fraction of sp³-hybridized carbons (Fsp3) is 0.167. The Morgan fingerprint density at radius 3 is 2.42 bits per heavy atom. The third kappa shape index (κ3) is 2.12. The summed E-state index contributed by atoms with van der Waals surface area (Å²) in [4.78, 5) is 9.73. The second kappa shape index (κ2) is 5.77. The average Bonchev–Trinajstić information content (AvgIpc) is 2.71. The highest BCUT2D eigenvalue weighted by atomic mass is 14.7. The monoisotopic (exact) mass is 336 g/mol. The molecular weight excluding hydrogens is 316 g/mol. The second-order valence-corrected chi connectivity index (χ2v) is 6.84. The van der Waals surface area contributed by atoms with Crippen LogP contribution in [0, 0.1) is 0 Å². The number of nitrogens with zero attached hydrogens (tertiary/aromatic N) is 2. The molecule has 0 aliphatic carbocycles. The quantitative estimate of drug-likeness (QED) is 0.358. The molecule has 5 aromatic rings. The number of hydrogen-bond acceptors (Lipinski definition) is 2. The summed E-state index contributed by atoms with van der Waals surface area (Å²) in [5.41, 5.74) is 4.66. The van der Waals surface area contributed by atoms with Gasteiger partial charge in [-0.1, -0.05) is 56.3 Å². The minimum absolute atomic E-state index is 0.923. The molecule has 0 bridgehead atoms. The van der Waals surface area contributed by atoms with Crippen molar-refractivity contribution in [2.45, 2.75) is 26.7 Å². The van der Waals surface area contributed by atoms with Crippen LogP contribution in [0.1, 0.15) is 25.1 Å². The summed E-state index contributed by atoms with van der Waals surface area (Å²) < 4.78 is 0. The largest absolute Gasteiger partial charge is 0.256 e. The van der Waals surface area contributed by atoms with E-state index < -0.39 is 0 Å². The lowest BCUT2D eigenvalue weighted by molar-refractivity contribution is 1.07. The predicted octanol–water partition coefficient (Wildman–Crippen LogP) is 6.21. The van der Waals surface area contributed by atoms with E-state index in [0.717, 1.165) is 29.6 Å². The first-order valence-electron chi connectivity index (χ1n) is 9.32. The number of aryl methyl sites for hydroxylation is 2. The molecular formula is C24H20N2. The van der Waals surface area contributed by atoms with Crippen LogP contribution in [0.15, 0.2) is 60.8 Å². The van der Waals surface area contributed by atoms with E-state index >= 15 is 0 Å². The maximum Gasteiger partial charge on any atom is 0.0786 e. The molecule has 3 aromatic carbocycles. The van der Waals surface area contributed by atoms with E-state index in [1.54, 1.807) is 0 Å². The van der Waals surface area contributed by atoms with Gasteiger partial charge < -0.3 is 0 Å². The van der Waals surface area contributed by atoms with Crippen molar-refractivity contribution in [3.05, 3.63) is 72.1 Å². The van der Waals surface area contributed by atoms with Crippen molar-refractivity contribution < 1.29 is 0 Å². The van der Waals surface area contributed by atoms with Gasteiger partial charge in [0.15, 0.2) is 0 Å². The van der Waals surface area contributed by atoms with E-state index in [2.05, 4.69) is 62.4 Å². The van der Waals surface area contributed by atoms with Gasteiger partial charge in [0.2, 0.25) is 0 Å². The van der Waals surface area contributed by atoms with Gasteiger partial charge in [0, 0.05) is 38.8 Å². The normalized spacial score (nSPS) is 11.8. The molecule has 2 heteroatoms. The van der Waals surface area contributed by atoms with E-state index in [1.807, 2.05) is 12.3 Å². The zero-order chi connectivity index (χ0) is 17.7. The standard InChI is InChI=1S/C24H20N2/c1-3-15-7-11-19-21(14-15)26-20(4-2)18-12-10-16-8-9-17-6-5-13-25-24(17)22(16)23(18)19/h5-14H,3-4H2,1-2H3. The Morgan fingerprint density at radius 2 is 1.58 bits per heavy atom. The first-order valence-corrected chi connectivity index (χ1v) is 9.32. The number of benzene rings is 3. The average molecular weight is 336 g/mol. The molecule has 2 nitrogen and oxygen atoms in total. The van der Waals surface area contributed by atoms with E-state index in [4.69, 9.17) is 9.97 Å². The summed E-state index contributed by atoms with van der Waals surface area (Å²) in [5.74, 6) is 0. The zero-order valence-corrected chi connectivity index (χ0v) is 15.1. The third-order valence-electron chi connectivity index (χ3n) is 5.40. The molecule has 0 N–H and O–H groups in total. The van der Waals surface area contributed by atoms with Crippen molar-refractivity contribution in [3.8, 4) is 0 Å². The van der Waals surface area contributed by atoms with Crippen LogP contribution >= 0.6 is 0 Å². The van der Waals surface area contributed by atoms with Crippen LogP contribution in [-0.4, -0.2) is 9.97 Å². The zero-order valence-electron chi connectivity index (χ0n) is 15.1. The summed E-state index contributed by atoms with van der Waals surface area (Å²) >= 11 is 0. The Bertz CT molecular complexity index is 1300. The molecule has 2 heterocycles. The van der Waals surface area contributed by atoms with Gasteiger partial charge in [-0.15, -0.1) is 0 Å². The Labute approximate surface area is 152 Å². The first-order chi connectivity index (χ1) is 12.8. The van der Waals surface area contributed by atoms with Gasteiger partial charge in [-0.05, 0) is 35.9 Å². The van der Waals surface area contributed by atoms with Crippen LogP contribution in [0.25, 0.3) is 43.4 Å². The Balaban J connectivity index is 2.11. The van der Waals surface area contributed by atoms with Crippen LogP contribution < -0.4 is 0 Å². The summed E-state index contributed by atoms with van der Waals surface area (Å²) in [7, 11) is 0. The minimum Gasteiger partial charge on any atom is -0.256 e. The van der Waals surface area contributed by atoms with Crippen LogP contribution in [0.3, 0.4) is 0 Å². The first kappa shape index (κ1) is 15.3. The highest BCUT2D eigenvalue weighted by Gasteiger charge is 2.13. The van der Waals surface area contributed by atoms with Gasteiger partial charge in [0.05, 0.1) is 11.0 Å². The number of pyridine rings is 2. The van der Waals surface area contributed by atoms with Crippen LogP contribution in [0.2, 0.25) is 0 Å². The van der Waals surface area contributed by atoms with Crippen molar-refractivity contribution >= 4 is 43.4 Å². The molecule has 0 atom stereocenters. The van der Waals surface area contributed by atoms with Crippen LogP contribution in [0.5, 0.6) is 0 Å². The second-order valence-electron chi connectivity index (χ2n) is 6.84. The molecule has 5 rings (SSSR count). The fourth-order valence-electron chi connectivity index (χ4n) is 4.05. The highest BCUT2D eigenvalue weighted by Crippen LogP contribution is 2.36. The topological polar surface area (TPSA) is 25.8 Å². The van der Waals surface area contributed by atoms with Crippen LogP contribution in [0.4, 0.5) is 0 Å². The molecule has 0 unspecified atom stereocenters. The highest BCUT2D eigenvalue weighted by molar-refractivity contribution is 6.26. The molecule has 0 saturated carbocycles. The Kier molecular flexibility index (Phi) is 3.39. The smallest absolute Gasteiger partial charge is 0.0786 e. The van der Waals surface area contributed by atoms with Crippen molar-refractivity contribution in [1.29, 1.82) is 0 Å². The van der Waals surface area contributed by atoms with Crippen molar-refractivity contribution in [3.63, 3.8) is 0 Å². The molecule has 0 radical (unpaired) electrons. The SMILES string of the molecule is CCc1ccc2c(c1)nc(CC)c1ccc3ccc4cccnc4c3c12. The number of rotatable bonds is 2. The Hall–Kier alpha value is -3.00. The van der Waals surface area contributed by atoms with Crippen molar-refractivity contribution in [2.75, 3.05) is 0 Å². The molecule has 2 aromatic heterocycles. The van der Waals surface area contributed by atoms with Gasteiger partial charge >= 0.3 is 0 Å². The molecule has 0 amide bonds. The lowest BCUT2D eigenvalue weighted by atomic mass is 9.94. The van der Waals surface area contributed by atoms with Crippen molar-refractivity contribution in [2.24, 2.45) is 0 Å². The summed E-state index contributed by atoms with van der Waals surface area (Å²) in [6, 6.07) is 19.7. The van der Waals surface area contributed by atoms with Crippen LogP contribution in [-0.2, 0) is 12.8 Å². The van der Waals surface area contributed by atoms with Gasteiger partial charge in [-0.3, -0.25) is 9.97 Å². The van der Waals surface area contributed by atoms with E-state index in [9.17, 15) is 0 Å². The molecule has 0 spiro atoms. The van der Waals surface area contributed by atoms with Gasteiger partial charge in [-0.25, -0.2) is 0 Å². The summed E-state index contributed by atoms with van der Waals surface area (Å²) in [5, 5.41) is 7.41. The van der Waals surface area contributed by atoms with Crippen molar-refractivity contribution in [1.82, 2.24) is 9.97 Å². The van der Waals surface area contributed by atoms with E-state index in [1.165, 1.54) is 37.9 Å². The Morgan fingerprint density at radius 1 is 0.769 bits per heavy atom. The maximum absolute atomic E-state index is 5.00. The van der Waals surface area contributed by atoms with Gasteiger partial charge in [-0.2, -0.15) is 0 Å². The number of hydrogen-bond donors (Lipinski definition) is 0. The molecule has 0 saturated heterocycles. The molecule has 0 aliphatic heterocycles. The minimum atomic E-state index is 0.923. The summed E-state index contributed by atoms with van der Waals surface area (Å²) in [6.07, 6.45) is 3.84. The third-order valence-corrected chi connectivity index (χ3v) is 5.40. The fourth-order valence-corrected chi connectivity index (χ4v) is 4.05. The predicted molar refractivity (Wildman–Crippen MR) is 111 cm³/mol. The van der Waals surface area contributed by atoms with E-state index in [-0.39, 0.29) is 0 Å². The molecule has 0 aliphatic rings. The summed E-state index contributed by atoms with van der Waals surface area (Å²) in [6.45, 7) is 4.37. The number of fused-ring (bicyclic) bond motifs is 7. The lowest BCUT2D eigenvalue weighted by Gasteiger charge is -2.13.